The Labute approximate surface area is 183 Å². The number of primary amides is 1. The summed E-state index contributed by atoms with van der Waals surface area (Å²) in [7, 11) is 0. The SMILES string of the molecule is NC(=O)COc1cccc(NC(=O)c2ccc3c(c2)C(=O)N(Cc2ccccc2)C3=O)c1. The third-order valence-corrected chi connectivity index (χ3v) is 4.89. The molecule has 4 amide bonds. The second kappa shape index (κ2) is 8.73. The number of nitrogens with one attached hydrogen (secondary N) is 1. The summed E-state index contributed by atoms with van der Waals surface area (Å²) in [5.74, 6) is -1.53. The first-order chi connectivity index (χ1) is 15.4. The van der Waals surface area contributed by atoms with E-state index < -0.39 is 17.7 Å². The van der Waals surface area contributed by atoms with Crippen LogP contribution in [0.3, 0.4) is 0 Å². The fraction of sp³-hybridized carbons (Fsp3) is 0.0833. The van der Waals surface area contributed by atoms with E-state index in [1.807, 2.05) is 30.3 Å². The molecule has 8 nitrogen and oxygen atoms in total. The highest BCUT2D eigenvalue weighted by molar-refractivity contribution is 6.22. The van der Waals surface area contributed by atoms with Crippen LogP contribution in [-0.4, -0.2) is 35.1 Å². The van der Waals surface area contributed by atoms with Crippen molar-refractivity contribution >= 4 is 29.3 Å². The maximum atomic E-state index is 12.8. The molecule has 0 bridgehead atoms. The van der Waals surface area contributed by atoms with Crippen LogP contribution in [0, 0.1) is 0 Å². The molecule has 8 heteroatoms. The van der Waals surface area contributed by atoms with Crippen molar-refractivity contribution in [3.63, 3.8) is 0 Å². The molecule has 32 heavy (non-hydrogen) atoms. The van der Waals surface area contributed by atoms with E-state index in [0.717, 1.165) is 5.56 Å². The molecule has 1 heterocycles. The Balaban J connectivity index is 1.50. The van der Waals surface area contributed by atoms with Crippen LogP contribution in [0.2, 0.25) is 0 Å². The van der Waals surface area contributed by atoms with Crippen molar-refractivity contribution in [3.05, 3.63) is 95.1 Å². The summed E-state index contributed by atoms with van der Waals surface area (Å²) in [5.41, 5.74) is 7.02. The van der Waals surface area contributed by atoms with Gasteiger partial charge in [0, 0.05) is 17.3 Å². The minimum atomic E-state index is -0.613. The van der Waals surface area contributed by atoms with Gasteiger partial charge >= 0.3 is 0 Å². The van der Waals surface area contributed by atoms with Crippen molar-refractivity contribution in [3.8, 4) is 5.75 Å². The van der Waals surface area contributed by atoms with Crippen molar-refractivity contribution in [2.24, 2.45) is 5.73 Å². The third-order valence-electron chi connectivity index (χ3n) is 4.89. The summed E-state index contributed by atoms with van der Waals surface area (Å²) in [6.45, 7) is -0.120. The van der Waals surface area contributed by atoms with Crippen LogP contribution in [0.5, 0.6) is 5.75 Å². The molecule has 0 spiro atoms. The molecule has 0 atom stereocenters. The molecule has 0 saturated carbocycles. The molecule has 1 aliphatic rings. The number of benzene rings is 3. The lowest BCUT2D eigenvalue weighted by atomic mass is 10.1. The Morgan fingerprint density at radius 3 is 2.38 bits per heavy atom. The zero-order valence-electron chi connectivity index (χ0n) is 16.9. The van der Waals surface area contributed by atoms with Gasteiger partial charge in [0.15, 0.2) is 6.61 Å². The van der Waals surface area contributed by atoms with Crippen molar-refractivity contribution in [1.29, 1.82) is 0 Å². The Kier molecular flexibility index (Phi) is 5.67. The molecule has 3 aromatic carbocycles. The molecule has 0 saturated heterocycles. The second-order valence-electron chi connectivity index (χ2n) is 7.18. The van der Waals surface area contributed by atoms with E-state index in [9.17, 15) is 19.2 Å². The van der Waals surface area contributed by atoms with Crippen molar-refractivity contribution < 1.29 is 23.9 Å². The minimum Gasteiger partial charge on any atom is -0.484 e. The number of rotatable bonds is 7. The minimum absolute atomic E-state index is 0.160. The summed E-state index contributed by atoms with van der Waals surface area (Å²) >= 11 is 0. The largest absolute Gasteiger partial charge is 0.484 e. The molecule has 3 aromatic rings. The quantitative estimate of drug-likeness (QED) is 0.560. The van der Waals surface area contributed by atoms with Crippen LogP contribution in [-0.2, 0) is 11.3 Å². The molecule has 0 unspecified atom stereocenters. The molecule has 4 rings (SSSR count). The van der Waals surface area contributed by atoms with Gasteiger partial charge in [-0.25, -0.2) is 0 Å². The fourth-order valence-corrected chi connectivity index (χ4v) is 3.36. The molecule has 160 valence electrons. The molecule has 0 aliphatic carbocycles. The maximum absolute atomic E-state index is 12.8. The van der Waals surface area contributed by atoms with Crippen LogP contribution in [0.15, 0.2) is 72.8 Å². The van der Waals surface area contributed by atoms with Crippen molar-refractivity contribution in [2.45, 2.75) is 6.54 Å². The zero-order valence-corrected chi connectivity index (χ0v) is 16.9. The summed E-state index contributed by atoms with van der Waals surface area (Å²) in [6, 6.07) is 20.1. The lowest BCUT2D eigenvalue weighted by Crippen LogP contribution is -2.29. The number of carbonyl (C=O) groups excluding carboxylic acids is 4. The average Bonchev–Trinajstić information content (AvgIpc) is 3.03. The first-order valence-corrected chi connectivity index (χ1v) is 9.79. The van der Waals surface area contributed by atoms with Gasteiger partial charge in [0.2, 0.25) is 0 Å². The van der Waals surface area contributed by atoms with E-state index in [1.165, 1.54) is 23.1 Å². The van der Waals surface area contributed by atoms with Gasteiger partial charge in [0.25, 0.3) is 23.6 Å². The van der Waals surface area contributed by atoms with Gasteiger partial charge in [-0.2, -0.15) is 0 Å². The molecule has 0 radical (unpaired) electrons. The molecular weight excluding hydrogens is 410 g/mol. The lowest BCUT2D eigenvalue weighted by molar-refractivity contribution is -0.119. The van der Waals surface area contributed by atoms with Crippen LogP contribution in [0.25, 0.3) is 0 Å². The summed E-state index contributed by atoms with van der Waals surface area (Å²) in [4.78, 5) is 50.3. The molecule has 3 N–H and O–H groups in total. The number of hydrogen-bond donors (Lipinski definition) is 2. The lowest BCUT2D eigenvalue weighted by Gasteiger charge is -2.13. The van der Waals surface area contributed by atoms with Crippen LogP contribution < -0.4 is 15.8 Å². The van der Waals surface area contributed by atoms with Gasteiger partial charge in [-0.1, -0.05) is 36.4 Å². The Bertz CT molecular complexity index is 1220. The predicted molar refractivity (Wildman–Crippen MR) is 116 cm³/mol. The first kappa shape index (κ1) is 20.8. The Hall–Kier alpha value is -4.46. The summed E-state index contributed by atoms with van der Waals surface area (Å²) in [5, 5.41) is 2.71. The van der Waals surface area contributed by atoms with E-state index in [4.69, 9.17) is 10.5 Å². The number of hydrogen-bond acceptors (Lipinski definition) is 5. The van der Waals surface area contributed by atoms with Gasteiger partial charge < -0.3 is 15.8 Å². The third kappa shape index (κ3) is 4.34. The summed E-state index contributed by atoms with van der Waals surface area (Å²) < 4.78 is 5.23. The number of imide groups is 1. The van der Waals surface area contributed by atoms with Crippen molar-refractivity contribution in [2.75, 3.05) is 11.9 Å². The molecule has 0 aromatic heterocycles. The highest BCUT2D eigenvalue weighted by Gasteiger charge is 2.36. The standard InChI is InChI=1S/C24H19N3O5/c25-21(28)14-32-18-8-4-7-17(12-18)26-22(29)16-9-10-19-20(11-16)24(31)27(23(19)30)13-15-5-2-1-3-6-15/h1-12H,13-14H2,(H2,25,28)(H,26,29). The molecule has 1 aliphatic heterocycles. The normalized spacial score (nSPS) is 12.4. The smallest absolute Gasteiger partial charge is 0.261 e. The monoisotopic (exact) mass is 429 g/mol. The van der Waals surface area contributed by atoms with E-state index >= 15 is 0 Å². The van der Waals surface area contributed by atoms with E-state index in [0.29, 0.717) is 11.4 Å². The van der Waals surface area contributed by atoms with Gasteiger partial charge in [-0.15, -0.1) is 0 Å². The highest BCUT2D eigenvalue weighted by atomic mass is 16.5. The topological polar surface area (TPSA) is 119 Å². The highest BCUT2D eigenvalue weighted by Crippen LogP contribution is 2.26. The molecular formula is C24H19N3O5. The van der Waals surface area contributed by atoms with Gasteiger partial charge in [0.05, 0.1) is 17.7 Å². The number of nitrogens with two attached hydrogens (primary N) is 1. The van der Waals surface area contributed by atoms with E-state index in [-0.39, 0.29) is 35.7 Å². The number of ether oxygens (including phenoxy) is 1. The van der Waals surface area contributed by atoms with E-state index in [1.54, 1.807) is 24.3 Å². The van der Waals surface area contributed by atoms with E-state index in [2.05, 4.69) is 5.32 Å². The first-order valence-electron chi connectivity index (χ1n) is 9.79. The number of amides is 4. The Morgan fingerprint density at radius 2 is 1.62 bits per heavy atom. The van der Waals surface area contributed by atoms with Crippen LogP contribution >= 0.6 is 0 Å². The predicted octanol–water partition coefficient (Wildman–Crippen LogP) is 2.60. The Morgan fingerprint density at radius 1 is 0.875 bits per heavy atom. The fourth-order valence-electron chi connectivity index (χ4n) is 3.36. The van der Waals surface area contributed by atoms with Crippen LogP contribution in [0.1, 0.15) is 36.6 Å². The zero-order chi connectivity index (χ0) is 22.7. The van der Waals surface area contributed by atoms with Crippen LogP contribution in [0.4, 0.5) is 5.69 Å². The number of carbonyl (C=O) groups is 4. The number of fused-ring (bicyclic) bond motifs is 1. The number of nitrogens with zero attached hydrogens (tertiary/aromatic N) is 1. The van der Waals surface area contributed by atoms with Gasteiger partial charge in [0.1, 0.15) is 5.75 Å². The van der Waals surface area contributed by atoms with Gasteiger partial charge in [-0.05, 0) is 35.9 Å². The van der Waals surface area contributed by atoms with Crippen molar-refractivity contribution in [1.82, 2.24) is 4.90 Å². The number of anilines is 1. The average molecular weight is 429 g/mol. The van der Waals surface area contributed by atoms with Gasteiger partial charge in [-0.3, -0.25) is 24.1 Å². The maximum Gasteiger partial charge on any atom is 0.261 e. The second-order valence-corrected chi connectivity index (χ2v) is 7.18. The summed E-state index contributed by atoms with van der Waals surface area (Å²) in [6.07, 6.45) is 0. The molecule has 0 fully saturated rings.